The molecule has 1 rings (SSSR count). The summed E-state index contributed by atoms with van der Waals surface area (Å²) in [5.41, 5.74) is 6.69. The van der Waals surface area contributed by atoms with Crippen molar-refractivity contribution in [2.75, 3.05) is 26.1 Å². The molecule has 0 aliphatic rings. The number of nitrogen functional groups attached to an aromatic ring is 1. The molecule has 0 spiro atoms. The van der Waals surface area contributed by atoms with Gasteiger partial charge in [0.1, 0.15) is 24.7 Å². The van der Waals surface area contributed by atoms with Gasteiger partial charge in [-0.25, -0.2) is 4.79 Å². The van der Waals surface area contributed by atoms with E-state index in [1.165, 1.54) is 14.0 Å². The summed E-state index contributed by atoms with van der Waals surface area (Å²) in [6.07, 6.45) is 0. The Bertz CT molecular complexity index is 565. The maximum Gasteiger partial charge on any atom is 0.333 e. The van der Waals surface area contributed by atoms with Gasteiger partial charge in [0.15, 0.2) is 5.78 Å². The molecule has 0 atom stereocenters. The highest BCUT2D eigenvalue weighted by Crippen LogP contribution is 2.33. The number of ether oxygens (including phenoxy) is 3. The Morgan fingerprint density at radius 1 is 1.19 bits per heavy atom. The predicted octanol–water partition coefficient (Wildman–Crippen LogP) is 1.98. The average Bonchev–Trinajstić information content (AvgIpc) is 2.43. The third-order valence-corrected chi connectivity index (χ3v) is 2.66. The van der Waals surface area contributed by atoms with Crippen molar-refractivity contribution >= 4 is 17.4 Å². The average molecular weight is 293 g/mol. The highest BCUT2D eigenvalue weighted by molar-refractivity contribution is 6.03. The maximum atomic E-state index is 11.6. The number of carbonyl (C=O) groups excluding carboxylic acids is 2. The van der Waals surface area contributed by atoms with Crippen LogP contribution >= 0.6 is 0 Å². The molecular formula is C15H19NO5. The molecule has 1 aromatic carbocycles. The highest BCUT2D eigenvalue weighted by atomic mass is 16.6. The molecule has 0 heterocycles. The first kappa shape index (κ1) is 16.6. The minimum absolute atomic E-state index is 0.0621. The van der Waals surface area contributed by atoms with Gasteiger partial charge in [-0.05, 0) is 26.0 Å². The van der Waals surface area contributed by atoms with Crippen molar-refractivity contribution in [3.8, 4) is 11.5 Å². The molecule has 0 radical (unpaired) electrons. The normalized spacial score (nSPS) is 9.86. The number of Topliss-reactive ketones (excluding diaryl/α,β-unsaturated/α-hetero) is 1. The van der Waals surface area contributed by atoms with Crippen LogP contribution in [0.1, 0.15) is 24.2 Å². The largest absolute Gasteiger partial charge is 0.496 e. The third kappa shape index (κ3) is 4.24. The predicted molar refractivity (Wildman–Crippen MR) is 78.7 cm³/mol. The molecule has 21 heavy (non-hydrogen) atoms. The maximum absolute atomic E-state index is 11.6. The van der Waals surface area contributed by atoms with E-state index in [1.807, 2.05) is 0 Å². The number of anilines is 1. The fourth-order valence-electron chi connectivity index (χ4n) is 1.65. The molecule has 0 fully saturated rings. The highest BCUT2D eigenvalue weighted by Gasteiger charge is 2.16. The second-order valence-electron chi connectivity index (χ2n) is 4.38. The van der Waals surface area contributed by atoms with Crippen LogP contribution in [0.5, 0.6) is 11.5 Å². The number of hydrogen-bond acceptors (Lipinski definition) is 6. The van der Waals surface area contributed by atoms with Gasteiger partial charge >= 0.3 is 5.97 Å². The van der Waals surface area contributed by atoms with E-state index in [1.54, 1.807) is 19.1 Å². The smallest absolute Gasteiger partial charge is 0.333 e. The fraction of sp³-hybridized carbons (Fsp3) is 0.333. The number of esters is 1. The Balaban J connectivity index is 2.72. The molecule has 0 saturated carbocycles. The van der Waals surface area contributed by atoms with E-state index in [2.05, 4.69) is 6.58 Å². The van der Waals surface area contributed by atoms with E-state index >= 15 is 0 Å². The van der Waals surface area contributed by atoms with Gasteiger partial charge in [0.2, 0.25) is 0 Å². The van der Waals surface area contributed by atoms with Gasteiger partial charge in [-0.2, -0.15) is 0 Å². The van der Waals surface area contributed by atoms with E-state index in [4.69, 9.17) is 19.9 Å². The summed E-state index contributed by atoms with van der Waals surface area (Å²) in [6.45, 7) is 6.60. The lowest BCUT2D eigenvalue weighted by atomic mass is 10.1. The van der Waals surface area contributed by atoms with Crippen molar-refractivity contribution in [3.05, 3.63) is 29.8 Å². The van der Waals surface area contributed by atoms with Crippen LogP contribution in [0.4, 0.5) is 5.69 Å². The molecular weight excluding hydrogens is 274 g/mol. The zero-order chi connectivity index (χ0) is 16.0. The van der Waals surface area contributed by atoms with Crippen LogP contribution in [0.15, 0.2) is 24.3 Å². The lowest BCUT2D eigenvalue weighted by Crippen LogP contribution is -2.13. The van der Waals surface area contributed by atoms with E-state index < -0.39 is 5.97 Å². The number of ketones is 1. The zero-order valence-electron chi connectivity index (χ0n) is 12.4. The molecule has 0 saturated heterocycles. The molecule has 1 aromatic rings. The number of rotatable bonds is 7. The first-order valence-electron chi connectivity index (χ1n) is 6.31. The molecule has 0 unspecified atom stereocenters. The fourth-order valence-corrected chi connectivity index (χ4v) is 1.65. The Morgan fingerprint density at radius 2 is 1.81 bits per heavy atom. The van der Waals surface area contributed by atoms with E-state index in [0.717, 1.165) is 0 Å². The molecule has 0 amide bonds. The van der Waals surface area contributed by atoms with Gasteiger partial charge in [0.25, 0.3) is 0 Å². The number of hydrogen-bond donors (Lipinski definition) is 1. The first-order valence-corrected chi connectivity index (χ1v) is 6.31. The lowest BCUT2D eigenvalue weighted by molar-refractivity contribution is -0.139. The molecule has 114 valence electrons. The SMILES string of the molecule is C=C(C)C(=O)OCCOc1ccc(OC)c(C(C)=O)c1N. The summed E-state index contributed by atoms with van der Waals surface area (Å²) >= 11 is 0. The summed E-state index contributed by atoms with van der Waals surface area (Å²) < 4.78 is 15.4. The van der Waals surface area contributed by atoms with Crippen molar-refractivity contribution in [1.29, 1.82) is 0 Å². The summed E-state index contributed by atoms with van der Waals surface area (Å²) in [5, 5.41) is 0. The number of nitrogens with two attached hydrogens (primary N) is 1. The number of methoxy groups -OCH3 is 1. The van der Waals surface area contributed by atoms with Gasteiger partial charge in [0, 0.05) is 5.57 Å². The third-order valence-electron chi connectivity index (χ3n) is 2.66. The summed E-state index contributed by atoms with van der Waals surface area (Å²) in [4.78, 5) is 22.8. The second-order valence-corrected chi connectivity index (χ2v) is 4.38. The Labute approximate surface area is 123 Å². The second kappa shape index (κ2) is 7.33. The van der Waals surface area contributed by atoms with Crippen LogP contribution < -0.4 is 15.2 Å². The van der Waals surface area contributed by atoms with Crippen LogP contribution in [-0.4, -0.2) is 32.1 Å². The summed E-state index contributed by atoms with van der Waals surface area (Å²) in [6, 6.07) is 3.20. The standard InChI is InChI=1S/C15H19NO5/c1-9(2)15(18)21-8-7-20-12-6-5-11(19-4)13(10(3)17)14(12)16/h5-6H,1,7-8,16H2,2-4H3. The van der Waals surface area contributed by atoms with Crippen molar-refractivity contribution < 1.29 is 23.8 Å². The van der Waals surface area contributed by atoms with Gasteiger partial charge in [-0.15, -0.1) is 0 Å². The summed E-state index contributed by atoms with van der Waals surface area (Å²) in [7, 11) is 1.46. The molecule has 0 aliphatic carbocycles. The van der Waals surface area contributed by atoms with Crippen molar-refractivity contribution in [3.63, 3.8) is 0 Å². The molecule has 6 nitrogen and oxygen atoms in total. The molecule has 0 bridgehead atoms. The number of benzene rings is 1. The van der Waals surface area contributed by atoms with Gasteiger partial charge in [-0.1, -0.05) is 6.58 Å². The van der Waals surface area contributed by atoms with Crippen molar-refractivity contribution in [1.82, 2.24) is 0 Å². The Kier molecular flexibility index (Phi) is 5.78. The van der Waals surface area contributed by atoms with E-state index in [0.29, 0.717) is 17.1 Å². The minimum atomic E-state index is -0.481. The van der Waals surface area contributed by atoms with Crippen molar-refractivity contribution in [2.24, 2.45) is 0 Å². The molecule has 2 N–H and O–H groups in total. The summed E-state index contributed by atoms with van der Waals surface area (Å²) in [5.74, 6) is 0.0303. The van der Waals surface area contributed by atoms with Crippen LogP contribution in [-0.2, 0) is 9.53 Å². The van der Waals surface area contributed by atoms with Gasteiger partial charge in [0.05, 0.1) is 18.4 Å². The minimum Gasteiger partial charge on any atom is -0.496 e. The number of carbonyl (C=O) groups is 2. The van der Waals surface area contributed by atoms with Crippen molar-refractivity contribution in [2.45, 2.75) is 13.8 Å². The lowest BCUT2D eigenvalue weighted by Gasteiger charge is -2.14. The topological polar surface area (TPSA) is 87.9 Å². The van der Waals surface area contributed by atoms with Crippen LogP contribution in [0.3, 0.4) is 0 Å². The van der Waals surface area contributed by atoms with Gasteiger partial charge < -0.3 is 19.9 Å². The van der Waals surface area contributed by atoms with Crippen LogP contribution in [0.2, 0.25) is 0 Å². The zero-order valence-corrected chi connectivity index (χ0v) is 12.4. The first-order chi connectivity index (χ1) is 9.88. The monoisotopic (exact) mass is 293 g/mol. The van der Waals surface area contributed by atoms with E-state index in [9.17, 15) is 9.59 Å². The molecule has 6 heteroatoms. The molecule has 0 aliphatic heterocycles. The van der Waals surface area contributed by atoms with E-state index in [-0.39, 0.29) is 30.2 Å². The van der Waals surface area contributed by atoms with Gasteiger partial charge in [-0.3, -0.25) is 4.79 Å². The van der Waals surface area contributed by atoms with Crippen LogP contribution in [0, 0.1) is 0 Å². The Hall–Kier alpha value is -2.50. The van der Waals surface area contributed by atoms with Crippen LogP contribution in [0.25, 0.3) is 0 Å². The Morgan fingerprint density at radius 3 is 2.33 bits per heavy atom. The molecule has 0 aromatic heterocycles. The quantitative estimate of drug-likeness (QED) is 0.272.